The van der Waals surface area contributed by atoms with E-state index in [1.165, 1.54) is 27.4 Å². The number of carbonyl (C=O) groups is 1. The van der Waals surface area contributed by atoms with Gasteiger partial charge in [0.05, 0.1) is 21.3 Å². The predicted octanol–water partition coefficient (Wildman–Crippen LogP) is 3.36. The third kappa shape index (κ3) is 4.33. The van der Waals surface area contributed by atoms with Crippen LogP contribution < -0.4 is 14.2 Å². The molecular weight excluding hydrogens is 334 g/mol. The summed E-state index contributed by atoms with van der Waals surface area (Å²) >= 11 is 0. The van der Waals surface area contributed by atoms with Gasteiger partial charge < -0.3 is 18.9 Å². The van der Waals surface area contributed by atoms with Gasteiger partial charge in [-0.1, -0.05) is 30.3 Å². The van der Waals surface area contributed by atoms with Crippen molar-refractivity contribution in [2.45, 2.75) is 6.61 Å². The molecule has 134 valence electrons. The zero-order chi connectivity index (χ0) is 18.9. The number of hydrogen-bond acceptors (Lipinski definition) is 6. The van der Waals surface area contributed by atoms with Crippen molar-refractivity contribution in [2.24, 2.45) is 0 Å². The Bertz CT molecular complexity index is 837. The molecule has 26 heavy (non-hydrogen) atoms. The molecule has 6 nitrogen and oxygen atoms in total. The molecule has 0 fully saturated rings. The number of esters is 1. The van der Waals surface area contributed by atoms with Crippen molar-refractivity contribution >= 4 is 12.0 Å². The number of ether oxygens (including phenoxy) is 4. The Morgan fingerprint density at radius 1 is 1.00 bits per heavy atom. The molecule has 6 heteroatoms. The molecule has 0 saturated carbocycles. The summed E-state index contributed by atoms with van der Waals surface area (Å²) in [7, 11) is 4.45. The maximum Gasteiger partial charge on any atom is 0.349 e. The van der Waals surface area contributed by atoms with Crippen LogP contribution >= 0.6 is 0 Å². The molecule has 0 bridgehead atoms. The van der Waals surface area contributed by atoms with Crippen LogP contribution in [0, 0.1) is 11.3 Å². The highest BCUT2D eigenvalue weighted by atomic mass is 16.5. The second-order valence-corrected chi connectivity index (χ2v) is 5.16. The van der Waals surface area contributed by atoms with E-state index in [4.69, 9.17) is 18.9 Å². The molecule has 0 atom stereocenters. The van der Waals surface area contributed by atoms with Crippen molar-refractivity contribution in [3.63, 3.8) is 0 Å². The van der Waals surface area contributed by atoms with Crippen LogP contribution in [0.3, 0.4) is 0 Å². The van der Waals surface area contributed by atoms with Gasteiger partial charge in [-0.2, -0.15) is 5.26 Å². The lowest BCUT2D eigenvalue weighted by Crippen LogP contribution is -2.07. The minimum absolute atomic E-state index is 0.0851. The van der Waals surface area contributed by atoms with Gasteiger partial charge in [-0.15, -0.1) is 0 Å². The fourth-order valence-corrected chi connectivity index (χ4v) is 2.33. The number of hydrogen-bond donors (Lipinski definition) is 0. The quantitative estimate of drug-likeness (QED) is 0.431. The number of nitriles is 1. The third-order valence-electron chi connectivity index (χ3n) is 3.59. The van der Waals surface area contributed by atoms with Gasteiger partial charge in [-0.05, 0) is 23.8 Å². The number of carbonyl (C=O) groups excluding carboxylic acids is 1. The highest BCUT2D eigenvalue weighted by Crippen LogP contribution is 2.40. The van der Waals surface area contributed by atoms with Gasteiger partial charge in [-0.25, -0.2) is 4.79 Å². The van der Waals surface area contributed by atoms with E-state index in [1.54, 1.807) is 12.1 Å². The third-order valence-corrected chi connectivity index (χ3v) is 3.59. The van der Waals surface area contributed by atoms with Crippen molar-refractivity contribution in [2.75, 3.05) is 21.3 Å². The summed E-state index contributed by atoms with van der Waals surface area (Å²) in [4.78, 5) is 12.2. The van der Waals surface area contributed by atoms with Crippen molar-refractivity contribution in [3.05, 3.63) is 59.2 Å². The molecule has 0 unspecified atom stereocenters. The largest absolute Gasteiger partial charge is 0.493 e. The second kappa shape index (κ2) is 9.14. The molecule has 2 aromatic rings. The first-order chi connectivity index (χ1) is 12.6. The van der Waals surface area contributed by atoms with Crippen LogP contribution in [-0.2, 0) is 16.1 Å². The Balaban J connectivity index is 2.28. The average Bonchev–Trinajstić information content (AvgIpc) is 2.70. The first kappa shape index (κ1) is 18.9. The Labute approximate surface area is 152 Å². The molecule has 0 spiro atoms. The molecule has 0 aromatic heterocycles. The van der Waals surface area contributed by atoms with E-state index < -0.39 is 5.97 Å². The molecule has 0 heterocycles. The van der Waals surface area contributed by atoms with Crippen LogP contribution in [0.2, 0.25) is 0 Å². The lowest BCUT2D eigenvalue weighted by molar-refractivity contribution is -0.139. The highest BCUT2D eigenvalue weighted by Gasteiger charge is 2.17. The lowest BCUT2D eigenvalue weighted by atomic mass is 10.1. The topological polar surface area (TPSA) is 77.8 Å². The summed E-state index contributed by atoms with van der Waals surface area (Å²) in [6.07, 6.45) is 1.40. The molecule has 0 N–H and O–H groups in total. The van der Waals surface area contributed by atoms with Crippen LogP contribution in [-0.4, -0.2) is 27.3 Å². The lowest BCUT2D eigenvalue weighted by Gasteiger charge is -2.14. The van der Waals surface area contributed by atoms with Crippen LogP contribution in [0.4, 0.5) is 0 Å². The monoisotopic (exact) mass is 353 g/mol. The van der Waals surface area contributed by atoms with Gasteiger partial charge in [0.15, 0.2) is 11.5 Å². The standard InChI is InChI=1S/C20H19NO5/c1-23-17-10-9-15(18(24-2)19(17)25-3)11-16(12-21)20(22)26-13-14-7-5-4-6-8-14/h4-11H,13H2,1-3H3/b16-11-. The summed E-state index contributed by atoms with van der Waals surface area (Å²) in [6.45, 7) is 0.0851. The maximum absolute atomic E-state index is 12.2. The zero-order valence-corrected chi connectivity index (χ0v) is 14.8. The molecular formula is C20H19NO5. The first-order valence-electron chi connectivity index (χ1n) is 7.76. The van der Waals surface area contributed by atoms with Crippen molar-refractivity contribution < 1.29 is 23.7 Å². The predicted molar refractivity (Wildman–Crippen MR) is 95.9 cm³/mol. The maximum atomic E-state index is 12.2. The summed E-state index contributed by atoms with van der Waals surface area (Å²) in [5.41, 5.74) is 1.19. The molecule has 0 saturated heterocycles. The molecule has 2 aromatic carbocycles. The van der Waals surface area contributed by atoms with Crippen LogP contribution in [0.25, 0.3) is 6.08 Å². The average molecular weight is 353 g/mol. The minimum Gasteiger partial charge on any atom is -0.493 e. The van der Waals surface area contributed by atoms with Gasteiger partial charge in [0, 0.05) is 5.56 Å². The van der Waals surface area contributed by atoms with Crippen LogP contribution in [0.15, 0.2) is 48.0 Å². The molecule has 0 aliphatic rings. The van der Waals surface area contributed by atoms with Gasteiger partial charge in [0.2, 0.25) is 5.75 Å². The van der Waals surface area contributed by atoms with Crippen LogP contribution in [0.1, 0.15) is 11.1 Å². The van der Waals surface area contributed by atoms with E-state index in [-0.39, 0.29) is 12.2 Å². The summed E-state index contributed by atoms with van der Waals surface area (Å²) in [5.74, 6) is 0.494. The van der Waals surface area contributed by atoms with Crippen molar-refractivity contribution in [3.8, 4) is 23.3 Å². The Morgan fingerprint density at radius 2 is 1.69 bits per heavy atom. The fraction of sp³-hybridized carbons (Fsp3) is 0.200. The Kier molecular flexibility index (Phi) is 6.63. The van der Waals surface area contributed by atoms with E-state index >= 15 is 0 Å². The summed E-state index contributed by atoms with van der Waals surface area (Å²) in [6, 6.07) is 14.4. The summed E-state index contributed by atoms with van der Waals surface area (Å²) < 4.78 is 21.1. The number of methoxy groups -OCH3 is 3. The van der Waals surface area contributed by atoms with Gasteiger partial charge in [-0.3, -0.25) is 0 Å². The number of nitrogens with zero attached hydrogens (tertiary/aromatic N) is 1. The van der Waals surface area contributed by atoms with E-state index in [0.29, 0.717) is 22.8 Å². The van der Waals surface area contributed by atoms with E-state index in [2.05, 4.69) is 0 Å². The SMILES string of the molecule is COc1ccc(/C=C(/C#N)C(=O)OCc2ccccc2)c(OC)c1OC. The molecule has 2 rings (SSSR count). The first-order valence-corrected chi connectivity index (χ1v) is 7.76. The van der Waals surface area contributed by atoms with Gasteiger partial charge in [0.1, 0.15) is 18.2 Å². The minimum atomic E-state index is -0.715. The normalized spacial score (nSPS) is 10.6. The Hall–Kier alpha value is -3.46. The van der Waals surface area contributed by atoms with Crippen molar-refractivity contribution in [1.82, 2.24) is 0 Å². The smallest absolute Gasteiger partial charge is 0.349 e. The number of rotatable bonds is 7. The number of benzene rings is 2. The van der Waals surface area contributed by atoms with Crippen molar-refractivity contribution in [1.29, 1.82) is 5.26 Å². The molecule has 0 aliphatic heterocycles. The second-order valence-electron chi connectivity index (χ2n) is 5.16. The Morgan fingerprint density at radius 3 is 2.27 bits per heavy atom. The van der Waals surface area contributed by atoms with E-state index in [1.807, 2.05) is 36.4 Å². The highest BCUT2D eigenvalue weighted by molar-refractivity contribution is 5.98. The van der Waals surface area contributed by atoms with E-state index in [9.17, 15) is 10.1 Å². The summed E-state index contributed by atoms with van der Waals surface area (Å²) in [5, 5.41) is 9.33. The molecule has 0 radical (unpaired) electrons. The fourth-order valence-electron chi connectivity index (χ4n) is 2.33. The van der Waals surface area contributed by atoms with Gasteiger partial charge in [0.25, 0.3) is 0 Å². The molecule has 0 amide bonds. The van der Waals surface area contributed by atoms with Gasteiger partial charge >= 0.3 is 5.97 Å². The van der Waals surface area contributed by atoms with E-state index in [0.717, 1.165) is 5.56 Å². The molecule has 0 aliphatic carbocycles. The zero-order valence-electron chi connectivity index (χ0n) is 14.8. The van der Waals surface area contributed by atoms with Crippen LogP contribution in [0.5, 0.6) is 17.2 Å².